The quantitative estimate of drug-likeness (QED) is 0.582. The van der Waals surface area contributed by atoms with E-state index in [4.69, 9.17) is 9.84 Å². The molecule has 0 aromatic carbocycles. The fourth-order valence-electron chi connectivity index (χ4n) is 0.938. The molecule has 0 fully saturated rings. The first-order valence-corrected chi connectivity index (χ1v) is 5.39. The highest BCUT2D eigenvalue weighted by Crippen LogP contribution is 2.14. The van der Waals surface area contributed by atoms with Crippen LogP contribution in [0.15, 0.2) is 5.16 Å². The van der Waals surface area contributed by atoms with E-state index in [1.54, 1.807) is 0 Å². The van der Waals surface area contributed by atoms with Gasteiger partial charge in [-0.1, -0.05) is 11.8 Å². The number of methoxy groups -OCH3 is 1. The molecule has 0 bridgehead atoms. The first-order chi connectivity index (χ1) is 7.63. The molecular formula is C7H12N4O4S. The summed E-state index contributed by atoms with van der Waals surface area (Å²) in [6, 6.07) is 0. The predicted molar refractivity (Wildman–Crippen MR) is 54.1 cm³/mol. The van der Waals surface area contributed by atoms with Gasteiger partial charge in [0.1, 0.15) is 6.54 Å². The number of ether oxygens (including phenoxy) is 1. The molecule has 1 atom stereocenters. The number of tetrazole rings is 1. The van der Waals surface area contributed by atoms with Crippen molar-refractivity contribution >= 4 is 17.7 Å². The van der Waals surface area contributed by atoms with E-state index in [0.717, 1.165) is 4.68 Å². The molecule has 0 saturated carbocycles. The number of carbonyl (C=O) groups is 1. The number of hydrogen-bond acceptors (Lipinski definition) is 7. The molecule has 1 heterocycles. The lowest BCUT2D eigenvalue weighted by Gasteiger charge is -2.07. The van der Waals surface area contributed by atoms with Crippen LogP contribution in [0.1, 0.15) is 0 Å². The standard InChI is InChI=1S/C7H12N4O4S/c1-15-3-5(12)4-16-7-8-9-10-11(7)2-6(13)14/h5,12H,2-4H2,1H3,(H,13,14). The van der Waals surface area contributed by atoms with Crippen LogP contribution in [0.25, 0.3) is 0 Å². The summed E-state index contributed by atoms with van der Waals surface area (Å²) >= 11 is 1.18. The minimum atomic E-state index is -1.02. The molecule has 1 rings (SSSR count). The van der Waals surface area contributed by atoms with Gasteiger partial charge in [0.15, 0.2) is 0 Å². The molecule has 0 aliphatic heterocycles. The maximum atomic E-state index is 10.5. The van der Waals surface area contributed by atoms with Gasteiger partial charge in [-0.2, -0.15) is 0 Å². The maximum absolute atomic E-state index is 10.5. The Labute approximate surface area is 95.6 Å². The second-order valence-electron chi connectivity index (χ2n) is 2.93. The number of thioether (sulfide) groups is 1. The fraction of sp³-hybridized carbons (Fsp3) is 0.714. The predicted octanol–water partition coefficient (Wildman–Crippen LogP) is -1.14. The van der Waals surface area contributed by atoms with Gasteiger partial charge >= 0.3 is 5.97 Å². The summed E-state index contributed by atoms with van der Waals surface area (Å²) in [6.45, 7) is -0.0802. The smallest absolute Gasteiger partial charge is 0.325 e. The highest BCUT2D eigenvalue weighted by atomic mass is 32.2. The van der Waals surface area contributed by atoms with E-state index in [2.05, 4.69) is 15.5 Å². The average molecular weight is 248 g/mol. The summed E-state index contributed by atoms with van der Waals surface area (Å²) in [7, 11) is 1.49. The molecule has 1 unspecified atom stereocenters. The van der Waals surface area contributed by atoms with E-state index < -0.39 is 12.1 Å². The van der Waals surface area contributed by atoms with Crippen LogP contribution in [0.2, 0.25) is 0 Å². The van der Waals surface area contributed by atoms with Gasteiger partial charge in [-0.05, 0) is 10.4 Å². The number of aliphatic hydroxyl groups is 1. The molecule has 0 aliphatic carbocycles. The van der Waals surface area contributed by atoms with Gasteiger partial charge in [0.05, 0.1) is 12.7 Å². The third kappa shape index (κ3) is 4.13. The number of carboxylic acid groups (broad SMARTS) is 1. The van der Waals surface area contributed by atoms with Crippen LogP contribution in [0.4, 0.5) is 0 Å². The van der Waals surface area contributed by atoms with Crippen LogP contribution in [-0.2, 0) is 16.1 Å². The van der Waals surface area contributed by atoms with Gasteiger partial charge < -0.3 is 14.9 Å². The lowest BCUT2D eigenvalue weighted by molar-refractivity contribution is -0.138. The van der Waals surface area contributed by atoms with Crippen molar-refractivity contribution in [1.82, 2.24) is 20.2 Å². The minimum absolute atomic E-state index is 0.216. The molecule has 1 aromatic heterocycles. The Hall–Kier alpha value is -1.19. The van der Waals surface area contributed by atoms with Gasteiger partial charge in [0, 0.05) is 12.9 Å². The Bertz CT molecular complexity index is 345. The van der Waals surface area contributed by atoms with Crippen molar-refractivity contribution in [2.75, 3.05) is 19.5 Å². The second kappa shape index (κ2) is 6.40. The minimum Gasteiger partial charge on any atom is -0.480 e. The van der Waals surface area contributed by atoms with E-state index in [9.17, 15) is 9.90 Å². The van der Waals surface area contributed by atoms with Crippen molar-refractivity contribution in [2.24, 2.45) is 0 Å². The van der Waals surface area contributed by atoms with Crippen molar-refractivity contribution in [3.05, 3.63) is 0 Å². The van der Waals surface area contributed by atoms with E-state index in [1.165, 1.54) is 18.9 Å². The molecule has 16 heavy (non-hydrogen) atoms. The van der Waals surface area contributed by atoms with Gasteiger partial charge in [0.2, 0.25) is 5.16 Å². The van der Waals surface area contributed by atoms with Gasteiger partial charge in [0.25, 0.3) is 0 Å². The first-order valence-electron chi connectivity index (χ1n) is 4.41. The SMILES string of the molecule is COCC(O)CSc1nnnn1CC(=O)O. The molecule has 0 spiro atoms. The number of aliphatic hydroxyl groups excluding tert-OH is 1. The topological polar surface area (TPSA) is 110 Å². The molecule has 0 aliphatic rings. The van der Waals surface area contributed by atoms with Gasteiger partial charge in [-0.3, -0.25) is 4.79 Å². The fourth-order valence-corrected chi connectivity index (χ4v) is 1.72. The van der Waals surface area contributed by atoms with Crippen LogP contribution in [-0.4, -0.2) is 62.0 Å². The molecule has 0 radical (unpaired) electrons. The highest BCUT2D eigenvalue weighted by molar-refractivity contribution is 7.99. The van der Waals surface area contributed by atoms with Crippen molar-refractivity contribution < 1.29 is 19.7 Å². The van der Waals surface area contributed by atoms with Crippen LogP contribution in [0.3, 0.4) is 0 Å². The Morgan fingerprint density at radius 3 is 3.06 bits per heavy atom. The summed E-state index contributed by atoms with van der Waals surface area (Å²) in [5.74, 6) is -0.681. The van der Waals surface area contributed by atoms with Crippen LogP contribution in [0.5, 0.6) is 0 Å². The Morgan fingerprint density at radius 1 is 1.69 bits per heavy atom. The third-order valence-corrected chi connectivity index (χ3v) is 2.65. The van der Waals surface area contributed by atoms with Crippen molar-refractivity contribution in [3.8, 4) is 0 Å². The van der Waals surface area contributed by atoms with Crippen molar-refractivity contribution in [2.45, 2.75) is 17.8 Å². The van der Waals surface area contributed by atoms with Gasteiger partial charge in [-0.25, -0.2) is 4.68 Å². The molecular weight excluding hydrogens is 236 g/mol. The highest BCUT2D eigenvalue weighted by Gasteiger charge is 2.12. The zero-order valence-electron chi connectivity index (χ0n) is 8.61. The summed E-state index contributed by atoms with van der Waals surface area (Å²) in [6.07, 6.45) is -0.634. The van der Waals surface area contributed by atoms with E-state index >= 15 is 0 Å². The Morgan fingerprint density at radius 2 is 2.44 bits per heavy atom. The number of nitrogens with zero attached hydrogens (tertiary/aromatic N) is 4. The summed E-state index contributed by atoms with van der Waals surface area (Å²) in [4.78, 5) is 10.5. The lowest BCUT2D eigenvalue weighted by Crippen LogP contribution is -2.17. The van der Waals surface area contributed by atoms with E-state index in [0.29, 0.717) is 10.9 Å². The molecule has 1 aromatic rings. The first kappa shape index (κ1) is 12.9. The third-order valence-electron chi connectivity index (χ3n) is 1.55. The van der Waals surface area contributed by atoms with Crippen LogP contribution in [0, 0.1) is 0 Å². The maximum Gasteiger partial charge on any atom is 0.325 e. The zero-order valence-corrected chi connectivity index (χ0v) is 9.42. The van der Waals surface area contributed by atoms with Gasteiger partial charge in [-0.15, -0.1) is 5.10 Å². The Balaban J connectivity index is 2.47. The molecule has 8 nitrogen and oxygen atoms in total. The monoisotopic (exact) mass is 248 g/mol. The lowest BCUT2D eigenvalue weighted by atomic mass is 10.4. The number of aliphatic carboxylic acids is 1. The van der Waals surface area contributed by atoms with Crippen molar-refractivity contribution in [3.63, 3.8) is 0 Å². The molecule has 2 N–H and O–H groups in total. The Kier molecular flexibility index (Phi) is 5.15. The molecule has 90 valence electrons. The molecule has 9 heteroatoms. The van der Waals surface area contributed by atoms with Crippen molar-refractivity contribution in [1.29, 1.82) is 0 Å². The van der Waals surface area contributed by atoms with E-state index in [-0.39, 0.29) is 13.2 Å². The van der Waals surface area contributed by atoms with E-state index in [1.807, 2.05) is 0 Å². The van der Waals surface area contributed by atoms with Crippen LogP contribution < -0.4 is 0 Å². The average Bonchev–Trinajstić information content (AvgIpc) is 2.62. The zero-order chi connectivity index (χ0) is 12.0. The normalized spacial score (nSPS) is 12.6. The molecule has 0 amide bonds. The summed E-state index contributed by atoms with van der Waals surface area (Å²) in [5, 5.41) is 28.9. The number of rotatable bonds is 7. The number of carboxylic acids is 1. The van der Waals surface area contributed by atoms with Crippen LogP contribution >= 0.6 is 11.8 Å². The molecule has 0 saturated heterocycles. The summed E-state index contributed by atoms with van der Waals surface area (Å²) in [5.41, 5.74) is 0. The largest absolute Gasteiger partial charge is 0.480 e. The second-order valence-corrected chi connectivity index (χ2v) is 3.92. The number of hydrogen-bond donors (Lipinski definition) is 2. The summed E-state index contributed by atoms with van der Waals surface area (Å²) < 4.78 is 5.91. The number of aromatic nitrogens is 4.